The minimum atomic E-state index is -0.330. The van der Waals surface area contributed by atoms with Crippen molar-refractivity contribution in [3.63, 3.8) is 0 Å². The van der Waals surface area contributed by atoms with Crippen molar-refractivity contribution in [3.8, 4) is 5.75 Å². The summed E-state index contributed by atoms with van der Waals surface area (Å²) in [6.07, 6.45) is 4.99. The number of nitrogens with zero attached hydrogens (tertiary/aromatic N) is 4. The molecule has 0 unspecified atom stereocenters. The first-order chi connectivity index (χ1) is 16.6. The quantitative estimate of drug-likeness (QED) is 0.182. The van der Waals surface area contributed by atoms with E-state index < -0.39 is 0 Å². The van der Waals surface area contributed by atoms with Gasteiger partial charge in [-0.3, -0.25) is 9.48 Å². The summed E-state index contributed by atoms with van der Waals surface area (Å²) in [5.74, 6) is 1.16. The van der Waals surface area contributed by atoms with E-state index in [-0.39, 0.29) is 5.91 Å². The minimum absolute atomic E-state index is 0.330. The summed E-state index contributed by atoms with van der Waals surface area (Å²) in [4.78, 5) is 17.0. The van der Waals surface area contributed by atoms with Crippen molar-refractivity contribution in [1.82, 2.24) is 20.2 Å². The summed E-state index contributed by atoms with van der Waals surface area (Å²) in [6.45, 7) is 0.481. The fourth-order valence-electron chi connectivity index (χ4n) is 3.26. The van der Waals surface area contributed by atoms with E-state index in [9.17, 15) is 4.79 Å². The number of ether oxygens (including phenoxy) is 1. The van der Waals surface area contributed by atoms with Crippen LogP contribution < -0.4 is 10.2 Å². The van der Waals surface area contributed by atoms with Gasteiger partial charge in [-0.25, -0.2) is 10.4 Å². The van der Waals surface area contributed by atoms with Gasteiger partial charge in [0, 0.05) is 28.2 Å². The Bertz CT molecular complexity index is 1290. The molecule has 0 spiro atoms. The topological polar surface area (TPSA) is 81.4 Å². The minimum Gasteiger partial charge on any atom is -0.496 e. The Morgan fingerprint density at radius 2 is 2.06 bits per heavy atom. The Morgan fingerprint density at radius 1 is 1.15 bits per heavy atom. The standard InChI is InChI=1S/C25H22BrN5O2S/c1-33-23-9-8-18(13-20(23)17-34-24-7-2-3-11-27-24)15-28-30-25(32)22-10-12-29-31(22)16-19-5-4-6-21(26)14-19/h2-15H,16-17H2,1H3,(H,30,32). The van der Waals surface area contributed by atoms with Gasteiger partial charge in [-0.05, 0) is 59.7 Å². The molecule has 0 saturated carbocycles. The molecule has 0 radical (unpaired) electrons. The molecule has 2 aromatic carbocycles. The largest absolute Gasteiger partial charge is 0.496 e. The van der Waals surface area contributed by atoms with E-state index in [0.717, 1.165) is 31.9 Å². The third-order valence-corrected chi connectivity index (χ3v) is 6.35. The van der Waals surface area contributed by atoms with Crippen LogP contribution in [-0.2, 0) is 12.3 Å². The third kappa shape index (κ3) is 6.33. The molecule has 4 rings (SSSR count). The molecule has 34 heavy (non-hydrogen) atoms. The number of benzene rings is 2. The van der Waals surface area contributed by atoms with Crippen LogP contribution in [0.2, 0.25) is 0 Å². The molecule has 0 aliphatic rings. The average molecular weight is 536 g/mol. The van der Waals surface area contributed by atoms with Crippen molar-refractivity contribution in [1.29, 1.82) is 0 Å². The Morgan fingerprint density at radius 3 is 2.85 bits per heavy atom. The molecular formula is C25H22BrN5O2S. The van der Waals surface area contributed by atoms with Gasteiger partial charge in [-0.2, -0.15) is 10.2 Å². The van der Waals surface area contributed by atoms with Crippen molar-refractivity contribution in [2.24, 2.45) is 5.10 Å². The maximum absolute atomic E-state index is 12.7. The molecule has 0 aliphatic heterocycles. The second-order valence-corrected chi connectivity index (χ2v) is 9.14. The van der Waals surface area contributed by atoms with Crippen LogP contribution >= 0.6 is 27.7 Å². The van der Waals surface area contributed by atoms with Gasteiger partial charge < -0.3 is 4.74 Å². The van der Waals surface area contributed by atoms with Crippen molar-refractivity contribution < 1.29 is 9.53 Å². The van der Waals surface area contributed by atoms with E-state index in [1.807, 2.05) is 60.7 Å². The summed E-state index contributed by atoms with van der Waals surface area (Å²) in [5.41, 5.74) is 5.92. The van der Waals surface area contributed by atoms with Gasteiger partial charge in [0.25, 0.3) is 5.91 Å². The van der Waals surface area contributed by atoms with Gasteiger partial charge >= 0.3 is 0 Å². The second kappa shape index (κ2) is 11.6. The number of methoxy groups -OCH3 is 1. The lowest BCUT2D eigenvalue weighted by Crippen LogP contribution is -2.22. The van der Waals surface area contributed by atoms with Gasteiger partial charge in [0.2, 0.25) is 0 Å². The zero-order valence-electron chi connectivity index (χ0n) is 18.4. The number of rotatable bonds is 9. The number of pyridine rings is 1. The van der Waals surface area contributed by atoms with Crippen molar-refractivity contribution in [3.05, 3.63) is 106 Å². The molecule has 0 aliphatic carbocycles. The van der Waals surface area contributed by atoms with Crippen LogP contribution in [-0.4, -0.2) is 34.0 Å². The van der Waals surface area contributed by atoms with E-state index in [2.05, 4.69) is 36.5 Å². The predicted molar refractivity (Wildman–Crippen MR) is 137 cm³/mol. The summed E-state index contributed by atoms with van der Waals surface area (Å²) in [5, 5.41) is 9.35. The lowest BCUT2D eigenvalue weighted by Gasteiger charge is -2.09. The van der Waals surface area contributed by atoms with Crippen molar-refractivity contribution >= 4 is 39.8 Å². The summed E-state index contributed by atoms with van der Waals surface area (Å²) < 4.78 is 8.11. The van der Waals surface area contributed by atoms with Gasteiger partial charge in [0.05, 0.1) is 24.9 Å². The zero-order chi connectivity index (χ0) is 23.8. The first-order valence-electron chi connectivity index (χ1n) is 10.4. The molecular weight excluding hydrogens is 514 g/mol. The molecule has 0 bridgehead atoms. The third-order valence-electron chi connectivity index (χ3n) is 4.87. The molecule has 2 aromatic heterocycles. The molecule has 0 atom stereocenters. The van der Waals surface area contributed by atoms with Crippen LogP contribution in [0.1, 0.15) is 27.2 Å². The van der Waals surface area contributed by atoms with Crippen LogP contribution in [0.3, 0.4) is 0 Å². The van der Waals surface area contributed by atoms with Crippen LogP contribution in [0.5, 0.6) is 5.75 Å². The molecule has 1 amide bonds. The van der Waals surface area contributed by atoms with Gasteiger partial charge in [0.15, 0.2) is 0 Å². The number of halogens is 1. The summed E-state index contributed by atoms with van der Waals surface area (Å²) in [6, 6.07) is 21.2. The molecule has 0 saturated heterocycles. The number of aromatic nitrogens is 3. The van der Waals surface area contributed by atoms with E-state index in [4.69, 9.17) is 4.74 Å². The normalized spacial score (nSPS) is 11.0. The van der Waals surface area contributed by atoms with E-state index in [1.54, 1.807) is 48.2 Å². The highest BCUT2D eigenvalue weighted by Crippen LogP contribution is 2.27. The number of carbonyl (C=O) groups is 1. The maximum atomic E-state index is 12.7. The maximum Gasteiger partial charge on any atom is 0.289 e. The van der Waals surface area contributed by atoms with E-state index >= 15 is 0 Å². The van der Waals surface area contributed by atoms with Crippen LogP contribution in [0, 0.1) is 0 Å². The highest BCUT2D eigenvalue weighted by molar-refractivity contribution is 9.10. The monoisotopic (exact) mass is 535 g/mol. The first kappa shape index (κ1) is 23.7. The lowest BCUT2D eigenvalue weighted by atomic mass is 10.1. The van der Waals surface area contributed by atoms with E-state index in [1.165, 1.54) is 0 Å². The van der Waals surface area contributed by atoms with Gasteiger partial charge in [-0.15, -0.1) is 11.8 Å². The second-order valence-electron chi connectivity index (χ2n) is 7.23. The molecule has 9 heteroatoms. The van der Waals surface area contributed by atoms with Gasteiger partial charge in [0.1, 0.15) is 11.4 Å². The average Bonchev–Trinajstić information content (AvgIpc) is 3.31. The fourth-order valence-corrected chi connectivity index (χ4v) is 4.54. The van der Waals surface area contributed by atoms with Crippen LogP contribution in [0.15, 0.2) is 93.7 Å². The van der Waals surface area contributed by atoms with Crippen LogP contribution in [0.25, 0.3) is 0 Å². The molecule has 2 heterocycles. The molecule has 4 aromatic rings. The first-order valence-corrected chi connectivity index (χ1v) is 12.2. The molecule has 1 N–H and O–H groups in total. The smallest absolute Gasteiger partial charge is 0.289 e. The number of nitrogens with one attached hydrogen (secondary N) is 1. The summed E-state index contributed by atoms with van der Waals surface area (Å²) in [7, 11) is 1.65. The number of thioether (sulfide) groups is 1. The Hall–Kier alpha value is -3.43. The molecule has 172 valence electrons. The van der Waals surface area contributed by atoms with Crippen LogP contribution in [0.4, 0.5) is 0 Å². The number of hydrazone groups is 1. The molecule has 0 fully saturated rings. The Labute approximate surface area is 210 Å². The zero-order valence-corrected chi connectivity index (χ0v) is 20.8. The summed E-state index contributed by atoms with van der Waals surface area (Å²) >= 11 is 5.09. The fraction of sp³-hybridized carbons (Fsp3) is 0.120. The number of amides is 1. The SMILES string of the molecule is COc1ccc(C=NNC(=O)c2ccnn2Cc2cccc(Br)c2)cc1CSc1ccccn1. The Kier molecular flexibility index (Phi) is 8.11. The highest BCUT2D eigenvalue weighted by Gasteiger charge is 2.12. The van der Waals surface area contributed by atoms with E-state index in [0.29, 0.717) is 18.0 Å². The predicted octanol–water partition coefficient (Wildman–Crippen LogP) is 5.15. The van der Waals surface area contributed by atoms with Crippen molar-refractivity contribution in [2.75, 3.05) is 7.11 Å². The number of hydrogen-bond acceptors (Lipinski definition) is 6. The van der Waals surface area contributed by atoms with Crippen molar-refractivity contribution in [2.45, 2.75) is 17.3 Å². The number of hydrogen-bond donors (Lipinski definition) is 1. The molecule has 7 nitrogen and oxygen atoms in total. The highest BCUT2D eigenvalue weighted by atomic mass is 79.9. The lowest BCUT2D eigenvalue weighted by molar-refractivity contribution is 0.0945. The number of carbonyl (C=O) groups excluding carboxylic acids is 1. The van der Waals surface area contributed by atoms with Gasteiger partial charge in [-0.1, -0.05) is 34.1 Å². The Balaban J connectivity index is 1.40.